The Hall–Kier alpha value is -1.42. The van der Waals surface area contributed by atoms with Crippen LogP contribution in [0.5, 0.6) is 5.88 Å². The topological polar surface area (TPSA) is 48.9 Å². The fraction of sp³-hybridized carbons (Fsp3) is 0. The maximum Gasteiger partial charge on any atom is 0.198 e. The van der Waals surface area contributed by atoms with Gasteiger partial charge in [-0.3, -0.25) is 4.98 Å². The molecular formula is C9H8N2OS. The molecule has 66 valence electrons. The average molecular weight is 192 g/mol. The molecule has 0 aliphatic carbocycles. The molecule has 0 aromatic carbocycles. The van der Waals surface area contributed by atoms with Gasteiger partial charge in [0, 0.05) is 6.20 Å². The van der Waals surface area contributed by atoms with Crippen molar-refractivity contribution in [1.29, 1.82) is 0 Å². The first kappa shape index (κ1) is 8.19. The summed E-state index contributed by atoms with van der Waals surface area (Å²) in [7, 11) is 0. The first-order chi connectivity index (χ1) is 6.27. The Morgan fingerprint density at radius 1 is 1.38 bits per heavy atom. The van der Waals surface area contributed by atoms with Crippen LogP contribution in [0.25, 0.3) is 11.3 Å². The van der Waals surface area contributed by atoms with Crippen LogP contribution in [0.2, 0.25) is 0 Å². The minimum Gasteiger partial charge on any atom is -0.494 e. The second-order valence-electron chi connectivity index (χ2n) is 2.63. The van der Waals surface area contributed by atoms with Crippen LogP contribution in [0.4, 0.5) is 0 Å². The van der Waals surface area contributed by atoms with Gasteiger partial charge in [-0.25, -0.2) is 0 Å². The van der Waals surface area contributed by atoms with Crippen molar-refractivity contribution in [2.24, 2.45) is 0 Å². The molecule has 0 atom stereocenters. The third-order valence-electron chi connectivity index (χ3n) is 1.72. The molecule has 0 saturated heterocycles. The summed E-state index contributed by atoms with van der Waals surface area (Å²) in [4.78, 5) is 6.79. The molecule has 3 nitrogen and oxygen atoms in total. The van der Waals surface area contributed by atoms with Crippen LogP contribution in [0, 0.1) is 0 Å². The van der Waals surface area contributed by atoms with Crippen LogP contribution in [0.3, 0.4) is 0 Å². The fourth-order valence-corrected chi connectivity index (χ4v) is 1.38. The predicted octanol–water partition coefficient (Wildman–Crippen LogP) is 2.07. The highest BCUT2D eigenvalue weighted by Crippen LogP contribution is 2.28. The van der Waals surface area contributed by atoms with Crippen molar-refractivity contribution in [3.8, 4) is 17.1 Å². The summed E-state index contributed by atoms with van der Waals surface area (Å²) in [5, 5.41) is 10.1. The smallest absolute Gasteiger partial charge is 0.198 e. The molecule has 0 aliphatic heterocycles. The van der Waals surface area contributed by atoms with Crippen LogP contribution in [0.15, 0.2) is 35.5 Å². The predicted molar refractivity (Wildman–Crippen MR) is 52.9 cm³/mol. The van der Waals surface area contributed by atoms with Gasteiger partial charge >= 0.3 is 0 Å². The maximum atomic E-state index is 9.44. The van der Waals surface area contributed by atoms with Crippen molar-refractivity contribution in [2.75, 3.05) is 0 Å². The van der Waals surface area contributed by atoms with Gasteiger partial charge in [-0.1, -0.05) is 6.07 Å². The van der Waals surface area contributed by atoms with Crippen LogP contribution in [-0.4, -0.2) is 15.1 Å². The molecule has 0 unspecified atom stereocenters. The standard InChI is InChI=1S/C9H8N2OS/c12-9-6(5-8(13)11-9)7-3-1-2-4-10-7/h1-5,11-13H. The Bertz CT molecular complexity index is 411. The van der Waals surface area contributed by atoms with E-state index in [9.17, 15) is 5.11 Å². The molecule has 2 aromatic heterocycles. The van der Waals surface area contributed by atoms with E-state index in [1.165, 1.54) is 0 Å². The maximum absolute atomic E-state index is 9.44. The lowest BCUT2D eigenvalue weighted by Crippen LogP contribution is -1.78. The van der Waals surface area contributed by atoms with E-state index in [2.05, 4.69) is 22.6 Å². The molecule has 0 aliphatic rings. The van der Waals surface area contributed by atoms with Gasteiger partial charge in [0.05, 0.1) is 16.3 Å². The molecule has 0 bridgehead atoms. The number of aromatic amines is 1. The number of aromatic nitrogens is 2. The molecule has 0 fully saturated rings. The third-order valence-corrected chi connectivity index (χ3v) is 1.96. The molecule has 0 spiro atoms. The van der Waals surface area contributed by atoms with Crippen molar-refractivity contribution in [1.82, 2.24) is 9.97 Å². The van der Waals surface area contributed by atoms with E-state index in [0.717, 1.165) is 5.69 Å². The van der Waals surface area contributed by atoms with Gasteiger partial charge in [0.2, 0.25) is 0 Å². The van der Waals surface area contributed by atoms with E-state index in [0.29, 0.717) is 10.6 Å². The highest BCUT2D eigenvalue weighted by Gasteiger charge is 2.07. The van der Waals surface area contributed by atoms with Gasteiger partial charge in [-0.2, -0.15) is 0 Å². The highest BCUT2D eigenvalue weighted by atomic mass is 32.1. The minimum atomic E-state index is 0.101. The third kappa shape index (κ3) is 1.53. The molecule has 0 amide bonds. The highest BCUT2D eigenvalue weighted by molar-refractivity contribution is 7.80. The van der Waals surface area contributed by atoms with E-state index in [-0.39, 0.29) is 5.88 Å². The van der Waals surface area contributed by atoms with Gasteiger partial charge in [0.15, 0.2) is 5.88 Å². The molecule has 0 saturated carbocycles. The normalized spacial score (nSPS) is 10.2. The minimum absolute atomic E-state index is 0.101. The van der Waals surface area contributed by atoms with Crippen molar-refractivity contribution < 1.29 is 5.11 Å². The summed E-state index contributed by atoms with van der Waals surface area (Å²) in [6.07, 6.45) is 1.68. The zero-order valence-corrected chi connectivity index (χ0v) is 7.62. The van der Waals surface area contributed by atoms with Gasteiger partial charge in [0.1, 0.15) is 0 Å². The summed E-state index contributed by atoms with van der Waals surface area (Å²) in [6, 6.07) is 7.26. The number of hydrogen-bond acceptors (Lipinski definition) is 3. The zero-order chi connectivity index (χ0) is 9.26. The zero-order valence-electron chi connectivity index (χ0n) is 6.73. The van der Waals surface area contributed by atoms with Crippen molar-refractivity contribution in [3.63, 3.8) is 0 Å². The van der Waals surface area contributed by atoms with E-state index in [1.807, 2.05) is 18.2 Å². The summed E-state index contributed by atoms with van der Waals surface area (Å²) < 4.78 is 0. The number of pyridine rings is 1. The Labute approximate surface area is 80.9 Å². The first-order valence-electron chi connectivity index (χ1n) is 3.80. The monoisotopic (exact) mass is 192 g/mol. The largest absolute Gasteiger partial charge is 0.494 e. The Balaban J connectivity index is 2.53. The SMILES string of the molecule is Oc1[nH]c(S)cc1-c1ccccn1. The van der Waals surface area contributed by atoms with E-state index in [4.69, 9.17) is 0 Å². The molecule has 13 heavy (non-hydrogen) atoms. The van der Waals surface area contributed by atoms with Crippen molar-refractivity contribution in [3.05, 3.63) is 30.5 Å². The number of H-pyrrole nitrogens is 1. The van der Waals surface area contributed by atoms with Crippen molar-refractivity contribution >= 4 is 12.6 Å². The Morgan fingerprint density at radius 2 is 2.23 bits per heavy atom. The van der Waals surface area contributed by atoms with Gasteiger partial charge < -0.3 is 10.1 Å². The van der Waals surface area contributed by atoms with Crippen LogP contribution >= 0.6 is 12.6 Å². The van der Waals surface area contributed by atoms with Crippen molar-refractivity contribution in [2.45, 2.75) is 5.03 Å². The van der Waals surface area contributed by atoms with Gasteiger partial charge in [-0.15, -0.1) is 12.6 Å². The summed E-state index contributed by atoms with van der Waals surface area (Å²) in [5.74, 6) is 0.101. The van der Waals surface area contributed by atoms with E-state index < -0.39 is 0 Å². The average Bonchev–Trinajstić information content (AvgIpc) is 2.47. The lowest BCUT2D eigenvalue weighted by molar-refractivity contribution is 0.456. The number of aromatic hydroxyl groups is 1. The Morgan fingerprint density at radius 3 is 2.77 bits per heavy atom. The number of nitrogens with zero attached hydrogens (tertiary/aromatic N) is 1. The number of rotatable bonds is 1. The van der Waals surface area contributed by atoms with E-state index in [1.54, 1.807) is 12.3 Å². The quantitative estimate of drug-likeness (QED) is 0.606. The molecule has 4 heteroatoms. The molecule has 2 heterocycles. The van der Waals surface area contributed by atoms with Crippen LogP contribution in [-0.2, 0) is 0 Å². The molecule has 2 aromatic rings. The Kier molecular flexibility index (Phi) is 1.98. The fourth-order valence-electron chi connectivity index (χ4n) is 1.15. The van der Waals surface area contributed by atoms with E-state index >= 15 is 0 Å². The first-order valence-corrected chi connectivity index (χ1v) is 4.24. The summed E-state index contributed by atoms with van der Waals surface area (Å²) in [6.45, 7) is 0. The molecule has 0 radical (unpaired) electrons. The molecular weight excluding hydrogens is 184 g/mol. The second-order valence-corrected chi connectivity index (χ2v) is 3.11. The van der Waals surface area contributed by atoms with Crippen LogP contribution in [0.1, 0.15) is 0 Å². The molecule has 2 N–H and O–H groups in total. The lowest BCUT2D eigenvalue weighted by Gasteiger charge is -1.95. The number of hydrogen-bond donors (Lipinski definition) is 3. The van der Waals surface area contributed by atoms with Gasteiger partial charge in [-0.05, 0) is 18.2 Å². The number of thiol groups is 1. The summed E-state index contributed by atoms with van der Waals surface area (Å²) in [5.41, 5.74) is 1.40. The summed E-state index contributed by atoms with van der Waals surface area (Å²) >= 11 is 4.08. The second kappa shape index (κ2) is 3.14. The number of nitrogens with one attached hydrogen (secondary N) is 1. The lowest BCUT2D eigenvalue weighted by atomic mass is 10.2. The molecule has 2 rings (SSSR count). The van der Waals surface area contributed by atoms with Crippen LogP contribution < -0.4 is 0 Å². The van der Waals surface area contributed by atoms with Gasteiger partial charge in [0.25, 0.3) is 0 Å².